The molecule has 5 nitrogen and oxygen atoms in total. The van der Waals surface area contributed by atoms with Gasteiger partial charge >= 0.3 is 0 Å². The van der Waals surface area contributed by atoms with Crippen LogP contribution >= 0.6 is 0 Å². The van der Waals surface area contributed by atoms with Crippen molar-refractivity contribution in [2.45, 2.75) is 104 Å². The summed E-state index contributed by atoms with van der Waals surface area (Å²) in [4.78, 5) is 21.1. The maximum atomic E-state index is 10.8. The lowest BCUT2D eigenvalue weighted by atomic mass is 9.88. The van der Waals surface area contributed by atoms with E-state index in [9.17, 15) is 14.7 Å². The second-order valence-electron chi connectivity index (χ2n) is 8.83. The van der Waals surface area contributed by atoms with E-state index in [0.29, 0.717) is 18.8 Å². The summed E-state index contributed by atoms with van der Waals surface area (Å²) in [6, 6.07) is 0. The number of hydrogen-bond donors (Lipinski definition) is 1. The van der Waals surface area contributed by atoms with Crippen molar-refractivity contribution in [3.63, 3.8) is 0 Å². The molecule has 4 atom stereocenters. The average Bonchev–Trinajstić information content (AvgIpc) is 2.59. The first kappa shape index (κ1) is 25.9. The SMILES string of the molecule is CC(C)CCCC(C)CCCC(C)CCCC(C)(OC=O)C(O)COC=O. The lowest BCUT2D eigenvalue weighted by Gasteiger charge is -2.32. The molecule has 0 aliphatic rings. The standard InChI is InChI=1S/C22H42O5/c1-18(2)9-6-10-19(3)11-7-12-20(4)13-8-14-22(5,27-17-24)21(25)15-26-16-23/h16-21,25H,6-15H2,1-5H3. The van der Waals surface area contributed by atoms with E-state index in [1.54, 1.807) is 6.92 Å². The van der Waals surface area contributed by atoms with Crippen molar-refractivity contribution < 1.29 is 24.2 Å². The minimum Gasteiger partial charge on any atom is -0.465 e. The van der Waals surface area contributed by atoms with Crippen LogP contribution < -0.4 is 0 Å². The van der Waals surface area contributed by atoms with Crippen LogP contribution in [0.4, 0.5) is 0 Å². The van der Waals surface area contributed by atoms with E-state index >= 15 is 0 Å². The lowest BCUT2D eigenvalue weighted by molar-refractivity contribution is -0.163. The maximum Gasteiger partial charge on any atom is 0.293 e. The number of aliphatic hydroxyl groups is 1. The van der Waals surface area contributed by atoms with Crippen molar-refractivity contribution >= 4 is 12.9 Å². The van der Waals surface area contributed by atoms with Gasteiger partial charge in [0.05, 0.1) is 0 Å². The van der Waals surface area contributed by atoms with Crippen molar-refractivity contribution in [3.8, 4) is 0 Å². The molecular formula is C22H42O5. The van der Waals surface area contributed by atoms with Gasteiger partial charge in [-0.15, -0.1) is 0 Å². The van der Waals surface area contributed by atoms with Crippen molar-refractivity contribution in [1.82, 2.24) is 0 Å². The summed E-state index contributed by atoms with van der Waals surface area (Å²) in [5, 5.41) is 10.1. The highest BCUT2D eigenvalue weighted by molar-refractivity contribution is 5.39. The largest absolute Gasteiger partial charge is 0.465 e. The molecule has 4 unspecified atom stereocenters. The Morgan fingerprint density at radius 1 is 0.852 bits per heavy atom. The van der Waals surface area contributed by atoms with Crippen molar-refractivity contribution in [1.29, 1.82) is 0 Å². The van der Waals surface area contributed by atoms with Gasteiger partial charge in [0.2, 0.25) is 0 Å². The number of hydrogen-bond acceptors (Lipinski definition) is 5. The molecule has 0 spiro atoms. The van der Waals surface area contributed by atoms with Gasteiger partial charge in [-0.25, -0.2) is 0 Å². The van der Waals surface area contributed by atoms with Gasteiger partial charge in [0.15, 0.2) is 0 Å². The molecule has 0 bridgehead atoms. The first-order chi connectivity index (χ1) is 12.7. The molecule has 27 heavy (non-hydrogen) atoms. The molecule has 5 heteroatoms. The van der Waals surface area contributed by atoms with Crippen LogP contribution in [0.3, 0.4) is 0 Å². The minimum absolute atomic E-state index is 0.169. The van der Waals surface area contributed by atoms with E-state index in [0.717, 1.165) is 24.7 Å². The smallest absolute Gasteiger partial charge is 0.293 e. The Hall–Kier alpha value is -1.10. The zero-order chi connectivity index (χ0) is 20.7. The molecule has 0 aromatic carbocycles. The molecule has 0 radical (unpaired) electrons. The van der Waals surface area contributed by atoms with E-state index in [-0.39, 0.29) is 13.1 Å². The molecule has 0 saturated carbocycles. The molecular weight excluding hydrogens is 344 g/mol. The summed E-state index contributed by atoms with van der Waals surface area (Å²) in [7, 11) is 0. The van der Waals surface area contributed by atoms with Gasteiger partial charge in [-0.2, -0.15) is 0 Å². The fraction of sp³-hybridized carbons (Fsp3) is 0.909. The second kappa shape index (κ2) is 14.9. The highest BCUT2D eigenvalue weighted by Crippen LogP contribution is 2.26. The van der Waals surface area contributed by atoms with Crippen LogP contribution in [0.2, 0.25) is 0 Å². The summed E-state index contributed by atoms with van der Waals surface area (Å²) >= 11 is 0. The van der Waals surface area contributed by atoms with Crippen LogP contribution in [0.1, 0.15) is 92.4 Å². The third kappa shape index (κ3) is 12.8. The Labute approximate surface area is 166 Å². The molecule has 0 aliphatic carbocycles. The Balaban J connectivity index is 4.05. The summed E-state index contributed by atoms with van der Waals surface area (Å²) in [5.74, 6) is 2.21. The van der Waals surface area contributed by atoms with Crippen LogP contribution in [-0.4, -0.2) is 36.4 Å². The molecule has 0 aliphatic heterocycles. The molecule has 0 aromatic rings. The molecule has 0 aromatic heterocycles. The maximum absolute atomic E-state index is 10.8. The Bertz CT molecular complexity index is 385. The third-order valence-electron chi connectivity index (χ3n) is 5.59. The molecule has 1 N–H and O–H groups in total. The fourth-order valence-corrected chi connectivity index (χ4v) is 3.50. The van der Waals surface area contributed by atoms with Crippen molar-refractivity contribution in [2.75, 3.05) is 6.61 Å². The second-order valence-corrected chi connectivity index (χ2v) is 8.83. The van der Waals surface area contributed by atoms with E-state index in [1.807, 2.05) is 0 Å². The molecule has 0 fully saturated rings. The van der Waals surface area contributed by atoms with Crippen LogP contribution in [0.25, 0.3) is 0 Å². The Morgan fingerprint density at radius 2 is 1.37 bits per heavy atom. The number of rotatable bonds is 18. The van der Waals surface area contributed by atoms with Crippen LogP contribution in [-0.2, 0) is 19.1 Å². The van der Waals surface area contributed by atoms with Crippen molar-refractivity contribution in [2.24, 2.45) is 17.8 Å². The topological polar surface area (TPSA) is 72.8 Å². The summed E-state index contributed by atoms with van der Waals surface area (Å²) in [5.41, 5.74) is -1.02. The first-order valence-corrected chi connectivity index (χ1v) is 10.6. The van der Waals surface area contributed by atoms with Crippen LogP contribution in [0.15, 0.2) is 0 Å². The van der Waals surface area contributed by atoms with Crippen LogP contribution in [0.5, 0.6) is 0 Å². The zero-order valence-corrected chi connectivity index (χ0v) is 18.1. The van der Waals surface area contributed by atoms with Gasteiger partial charge in [0.1, 0.15) is 18.3 Å². The monoisotopic (exact) mass is 386 g/mol. The number of ether oxygens (including phenoxy) is 2. The van der Waals surface area contributed by atoms with Crippen molar-refractivity contribution in [3.05, 3.63) is 0 Å². The predicted molar refractivity (Wildman–Crippen MR) is 108 cm³/mol. The van der Waals surface area contributed by atoms with Gasteiger partial charge in [0.25, 0.3) is 12.9 Å². The zero-order valence-electron chi connectivity index (χ0n) is 18.1. The average molecular weight is 387 g/mol. The summed E-state index contributed by atoms with van der Waals surface area (Å²) in [6.07, 6.45) is 9.14. The molecule has 0 heterocycles. The van der Waals surface area contributed by atoms with Crippen LogP contribution in [0, 0.1) is 17.8 Å². The minimum atomic E-state index is -1.02. The third-order valence-corrected chi connectivity index (χ3v) is 5.59. The predicted octanol–water partition coefficient (Wildman–Crippen LogP) is 4.89. The molecule has 0 saturated heterocycles. The first-order valence-electron chi connectivity index (χ1n) is 10.6. The van der Waals surface area contributed by atoms with Gasteiger partial charge < -0.3 is 14.6 Å². The molecule has 0 amide bonds. The summed E-state index contributed by atoms with van der Waals surface area (Å²) in [6.45, 7) is 11.3. The van der Waals surface area contributed by atoms with E-state index in [1.165, 1.54) is 38.5 Å². The number of aliphatic hydroxyl groups excluding tert-OH is 1. The number of carbonyl (C=O) groups is 2. The lowest BCUT2D eigenvalue weighted by Crippen LogP contribution is -2.44. The van der Waals surface area contributed by atoms with Gasteiger partial charge in [-0.3, -0.25) is 9.59 Å². The fourth-order valence-electron chi connectivity index (χ4n) is 3.50. The van der Waals surface area contributed by atoms with Gasteiger partial charge in [-0.1, -0.05) is 72.6 Å². The van der Waals surface area contributed by atoms with E-state index in [4.69, 9.17) is 4.74 Å². The normalized spacial score (nSPS) is 17.0. The highest BCUT2D eigenvalue weighted by atomic mass is 16.6. The Kier molecular flexibility index (Phi) is 14.3. The van der Waals surface area contributed by atoms with E-state index in [2.05, 4.69) is 32.4 Å². The molecule has 0 rings (SSSR count). The van der Waals surface area contributed by atoms with E-state index < -0.39 is 11.7 Å². The number of carbonyl (C=O) groups excluding carboxylic acids is 2. The van der Waals surface area contributed by atoms with Gasteiger partial charge in [-0.05, 0) is 37.5 Å². The highest BCUT2D eigenvalue weighted by Gasteiger charge is 2.35. The summed E-state index contributed by atoms with van der Waals surface area (Å²) < 4.78 is 9.72. The van der Waals surface area contributed by atoms with Gasteiger partial charge in [0, 0.05) is 0 Å². The quantitative estimate of drug-likeness (QED) is 0.340. The Morgan fingerprint density at radius 3 is 1.85 bits per heavy atom. The molecule has 160 valence electrons.